The molecule has 8 nitrogen and oxygen atoms in total. The maximum atomic E-state index is 13.8. The summed E-state index contributed by atoms with van der Waals surface area (Å²) in [5.74, 6) is 0.646. The molecule has 3 aromatic heterocycles. The Kier molecular flexibility index (Phi) is 6.05. The number of halogens is 3. The highest BCUT2D eigenvalue weighted by molar-refractivity contribution is 5.94. The first kappa shape index (κ1) is 27.2. The zero-order valence-corrected chi connectivity index (χ0v) is 23.7. The van der Waals surface area contributed by atoms with E-state index in [1.807, 2.05) is 24.3 Å². The number of aromatic carboxylic acids is 1. The normalized spacial score (nSPS) is 19.8. The largest absolute Gasteiger partial charge is 0.490 e. The highest BCUT2D eigenvalue weighted by atomic mass is 19.4. The highest BCUT2D eigenvalue weighted by Gasteiger charge is 2.51. The average Bonchev–Trinajstić information content (AvgIpc) is 3.90. The number of carboxylic acid groups (broad SMARTS) is 1. The van der Waals surface area contributed by atoms with Gasteiger partial charge in [0, 0.05) is 65.1 Å². The third-order valence-electron chi connectivity index (χ3n) is 9.22. The third kappa shape index (κ3) is 4.88. The SMILES string of the molecule is O=C(O)c1cc(OC2CC2)c2cc(N3CC4(CC(/C=C/c5c(-c6cnccc6C(F)(F)F)noc5C5CC5)C4)C3)ccc2n1. The molecule has 3 aliphatic carbocycles. The van der Waals surface area contributed by atoms with Crippen LogP contribution in [0.4, 0.5) is 18.9 Å². The lowest BCUT2D eigenvalue weighted by molar-refractivity contribution is -0.137. The number of allylic oxidation sites excluding steroid dienone is 1. The maximum Gasteiger partial charge on any atom is 0.417 e. The molecule has 1 spiro atoms. The van der Waals surface area contributed by atoms with Crippen LogP contribution >= 0.6 is 0 Å². The first-order valence-electron chi connectivity index (χ1n) is 14.9. The molecule has 0 atom stereocenters. The summed E-state index contributed by atoms with van der Waals surface area (Å²) < 4.78 is 52.9. The van der Waals surface area contributed by atoms with Crippen LogP contribution in [0, 0.1) is 11.3 Å². The number of nitrogens with zero attached hydrogens (tertiary/aromatic N) is 4. The smallest absolute Gasteiger partial charge is 0.417 e. The number of anilines is 1. The number of carbonyl (C=O) groups is 1. The molecule has 1 aliphatic heterocycles. The molecular weight excluding hydrogens is 573 g/mol. The van der Waals surface area contributed by atoms with Gasteiger partial charge in [0.2, 0.25) is 0 Å². The fourth-order valence-corrected chi connectivity index (χ4v) is 6.71. The van der Waals surface area contributed by atoms with Gasteiger partial charge in [0.1, 0.15) is 17.2 Å². The summed E-state index contributed by atoms with van der Waals surface area (Å²) in [6.45, 7) is 1.80. The molecule has 44 heavy (non-hydrogen) atoms. The summed E-state index contributed by atoms with van der Waals surface area (Å²) in [4.78, 5) is 22.1. The van der Waals surface area contributed by atoms with Gasteiger partial charge in [-0.15, -0.1) is 0 Å². The van der Waals surface area contributed by atoms with Crippen molar-refractivity contribution in [3.05, 3.63) is 71.4 Å². The molecule has 0 amide bonds. The lowest BCUT2D eigenvalue weighted by Crippen LogP contribution is -2.62. The topological polar surface area (TPSA) is 102 Å². The van der Waals surface area contributed by atoms with E-state index in [1.165, 1.54) is 12.3 Å². The van der Waals surface area contributed by atoms with Crippen molar-refractivity contribution < 1.29 is 32.3 Å². The predicted molar refractivity (Wildman–Crippen MR) is 155 cm³/mol. The number of alkyl halides is 3. The van der Waals surface area contributed by atoms with Crippen molar-refractivity contribution in [1.29, 1.82) is 0 Å². The number of hydrogen-bond acceptors (Lipinski definition) is 7. The van der Waals surface area contributed by atoms with Crippen molar-refractivity contribution in [2.45, 2.75) is 56.7 Å². The molecule has 11 heteroatoms. The van der Waals surface area contributed by atoms with Crippen LogP contribution in [0.25, 0.3) is 28.2 Å². The maximum absolute atomic E-state index is 13.8. The van der Waals surface area contributed by atoms with Gasteiger partial charge in [-0.1, -0.05) is 17.3 Å². The van der Waals surface area contributed by atoms with Crippen LogP contribution in [-0.2, 0) is 6.18 Å². The van der Waals surface area contributed by atoms with Crippen LogP contribution in [0.1, 0.15) is 71.8 Å². The van der Waals surface area contributed by atoms with E-state index in [4.69, 9.17) is 9.26 Å². The van der Waals surface area contributed by atoms with Crippen molar-refractivity contribution in [1.82, 2.24) is 15.1 Å². The molecule has 4 heterocycles. The summed E-state index contributed by atoms with van der Waals surface area (Å²) in [5.41, 5.74) is 1.81. The van der Waals surface area contributed by atoms with Crippen LogP contribution in [-0.4, -0.2) is 45.4 Å². The molecule has 4 fully saturated rings. The van der Waals surface area contributed by atoms with E-state index >= 15 is 0 Å². The minimum Gasteiger partial charge on any atom is -0.490 e. The third-order valence-corrected chi connectivity index (χ3v) is 9.22. The first-order valence-corrected chi connectivity index (χ1v) is 14.9. The lowest BCUT2D eigenvalue weighted by Gasteiger charge is -2.59. The van der Waals surface area contributed by atoms with E-state index < -0.39 is 17.7 Å². The molecule has 4 aromatic rings. The molecule has 1 N–H and O–H groups in total. The Balaban J connectivity index is 0.976. The second kappa shape index (κ2) is 9.80. The lowest BCUT2D eigenvalue weighted by atomic mass is 9.57. The van der Waals surface area contributed by atoms with E-state index in [0.717, 1.165) is 75.0 Å². The number of pyridine rings is 2. The van der Waals surface area contributed by atoms with Gasteiger partial charge in [-0.25, -0.2) is 9.78 Å². The number of fused-ring (bicyclic) bond motifs is 1. The van der Waals surface area contributed by atoms with Gasteiger partial charge < -0.3 is 19.3 Å². The number of aromatic nitrogens is 3. The molecule has 4 aliphatic rings. The zero-order valence-electron chi connectivity index (χ0n) is 23.7. The van der Waals surface area contributed by atoms with Gasteiger partial charge in [-0.05, 0) is 68.7 Å². The second-order valence-corrected chi connectivity index (χ2v) is 12.7. The van der Waals surface area contributed by atoms with Crippen molar-refractivity contribution in [2.75, 3.05) is 18.0 Å². The summed E-state index contributed by atoms with van der Waals surface area (Å²) >= 11 is 0. The molecule has 0 radical (unpaired) electrons. The van der Waals surface area contributed by atoms with Crippen LogP contribution < -0.4 is 9.64 Å². The van der Waals surface area contributed by atoms with Crippen molar-refractivity contribution in [3.63, 3.8) is 0 Å². The van der Waals surface area contributed by atoms with E-state index in [9.17, 15) is 23.1 Å². The summed E-state index contributed by atoms with van der Waals surface area (Å²) in [5, 5.41) is 14.4. The van der Waals surface area contributed by atoms with Crippen LogP contribution in [0.5, 0.6) is 5.75 Å². The second-order valence-electron chi connectivity index (χ2n) is 12.7. The predicted octanol–water partition coefficient (Wildman–Crippen LogP) is 7.35. The molecule has 0 bridgehead atoms. The number of benzene rings is 1. The molecule has 226 valence electrons. The summed E-state index contributed by atoms with van der Waals surface area (Å²) in [6.07, 6.45) is 7.77. The Morgan fingerprint density at radius 2 is 1.91 bits per heavy atom. The Morgan fingerprint density at radius 1 is 1.11 bits per heavy atom. The number of ether oxygens (including phenoxy) is 1. The first-order chi connectivity index (χ1) is 21.2. The Morgan fingerprint density at radius 3 is 2.61 bits per heavy atom. The van der Waals surface area contributed by atoms with Crippen molar-refractivity contribution in [2.24, 2.45) is 11.3 Å². The Hall–Kier alpha value is -4.41. The van der Waals surface area contributed by atoms with Crippen LogP contribution in [0.15, 0.2) is 53.3 Å². The van der Waals surface area contributed by atoms with E-state index in [2.05, 4.69) is 26.1 Å². The standard InChI is InChI=1S/C33H29F3N4O4/c34-33(35,36)25-9-10-37-15-24(25)29-22(30(44-39-29)19-2-3-19)7-1-18-13-32(14-18)16-40(17-32)20-4-8-26-23(11-20)28(43-21-5-6-21)12-27(38-26)31(41)42/h1,4,7-12,15,18-19,21H,2-3,5-6,13-14,16-17H2,(H,41,42)/b7-1+. The highest BCUT2D eigenvalue weighted by Crippen LogP contribution is 2.54. The minimum absolute atomic E-state index is 0.0267. The zero-order chi connectivity index (χ0) is 30.2. The molecule has 8 rings (SSSR count). The Labute approximate surface area is 250 Å². The van der Waals surface area contributed by atoms with E-state index in [1.54, 1.807) is 0 Å². The molecule has 3 saturated carbocycles. The fraction of sp³-hybridized carbons (Fsp3) is 0.394. The van der Waals surface area contributed by atoms with E-state index in [0.29, 0.717) is 28.5 Å². The number of rotatable bonds is 8. The fourth-order valence-electron chi connectivity index (χ4n) is 6.71. The molecule has 0 unspecified atom stereocenters. The van der Waals surface area contributed by atoms with Crippen molar-refractivity contribution >= 4 is 28.6 Å². The molecule has 1 saturated heterocycles. The van der Waals surface area contributed by atoms with Gasteiger partial charge in [0.15, 0.2) is 5.69 Å². The monoisotopic (exact) mass is 602 g/mol. The van der Waals surface area contributed by atoms with Gasteiger partial charge in [0.05, 0.1) is 17.2 Å². The van der Waals surface area contributed by atoms with Gasteiger partial charge in [-0.3, -0.25) is 4.98 Å². The quantitative estimate of drug-likeness (QED) is 0.223. The number of hydrogen-bond donors (Lipinski definition) is 1. The van der Waals surface area contributed by atoms with Crippen LogP contribution in [0.2, 0.25) is 0 Å². The average molecular weight is 603 g/mol. The molecular formula is C33H29F3N4O4. The Bertz CT molecular complexity index is 1810. The number of carboxylic acids is 1. The molecule has 1 aromatic carbocycles. The van der Waals surface area contributed by atoms with Crippen molar-refractivity contribution in [3.8, 4) is 17.0 Å². The summed E-state index contributed by atoms with van der Waals surface area (Å²) in [6, 6.07) is 8.36. The summed E-state index contributed by atoms with van der Waals surface area (Å²) in [7, 11) is 0. The van der Waals surface area contributed by atoms with Gasteiger partial charge >= 0.3 is 12.1 Å². The van der Waals surface area contributed by atoms with Crippen LogP contribution in [0.3, 0.4) is 0 Å². The minimum atomic E-state index is -4.52. The van der Waals surface area contributed by atoms with E-state index in [-0.39, 0.29) is 34.4 Å². The van der Waals surface area contributed by atoms with Gasteiger partial charge in [-0.2, -0.15) is 13.2 Å². The van der Waals surface area contributed by atoms with Gasteiger partial charge in [0.25, 0.3) is 0 Å².